The summed E-state index contributed by atoms with van der Waals surface area (Å²) in [5, 5.41) is 2.76. The van der Waals surface area contributed by atoms with Crippen molar-refractivity contribution in [2.24, 2.45) is 0 Å². The van der Waals surface area contributed by atoms with Crippen molar-refractivity contribution in [1.82, 2.24) is 9.29 Å². The van der Waals surface area contributed by atoms with Crippen molar-refractivity contribution in [2.45, 2.75) is 18.2 Å². The molecular weight excluding hydrogens is 463 g/mol. The van der Waals surface area contributed by atoms with Crippen LogP contribution in [0.15, 0.2) is 52.7 Å². The first-order valence-electron chi connectivity index (χ1n) is 10.7. The number of anilines is 2. The summed E-state index contributed by atoms with van der Waals surface area (Å²) < 4.78 is 41.2. The SMILES string of the molecule is CC(=O)N1CCc2cc(S(=O)(=O)N3CCN(c4nc(-c5ccc(F)cc5)cs4)CC3)ccc21. The number of carbonyl (C=O) groups excluding carboxylic acids is 1. The highest BCUT2D eigenvalue weighted by atomic mass is 32.2. The monoisotopic (exact) mass is 486 g/mol. The molecule has 0 saturated carbocycles. The molecule has 0 atom stereocenters. The van der Waals surface area contributed by atoms with Gasteiger partial charge in [-0.1, -0.05) is 0 Å². The zero-order valence-electron chi connectivity index (χ0n) is 18.1. The molecule has 1 saturated heterocycles. The molecule has 0 spiro atoms. The fourth-order valence-electron chi connectivity index (χ4n) is 4.30. The molecule has 172 valence electrons. The van der Waals surface area contributed by atoms with Gasteiger partial charge in [-0.25, -0.2) is 17.8 Å². The van der Waals surface area contributed by atoms with Gasteiger partial charge < -0.3 is 9.80 Å². The second kappa shape index (κ2) is 8.51. The third kappa shape index (κ3) is 4.14. The smallest absolute Gasteiger partial charge is 0.243 e. The predicted molar refractivity (Wildman–Crippen MR) is 127 cm³/mol. The van der Waals surface area contributed by atoms with Crippen molar-refractivity contribution in [3.05, 3.63) is 59.2 Å². The van der Waals surface area contributed by atoms with Crippen molar-refractivity contribution in [3.63, 3.8) is 0 Å². The predicted octanol–water partition coefficient (Wildman–Crippen LogP) is 3.37. The van der Waals surface area contributed by atoms with Crippen LogP contribution in [0.5, 0.6) is 0 Å². The molecule has 10 heteroatoms. The van der Waals surface area contributed by atoms with Gasteiger partial charge in [0.25, 0.3) is 0 Å². The van der Waals surface area contributed by atoms with Gasteiger partial charge in [-0.2, -0.15) is 4.31 Å². The minimum Gasteiger partial charge on any atom is -0.345 e. The van der Waals surface area contributed by atoms with Gasteiger partial charge in [0.05, 0.1) is 10.6 Å². The standard InChI is InChI=1S/C23H23FN4O3S2/c1-16(29)28-9-8-18-14-20(6-7-22(18)28)33(30,31)27-12-10-26(11-13-27)23-25-21(15-32-23)17-2-4-19(24)5-3-17/h2-7,14-15H,8-13H2,1H3. The third-order valence-corrected chi connectivity index (χ3v) is 8.90. The van der Waals surface area contributed by atoms with E-state index in [4.69, 9.17) is 0 Å². The Hall–Kier alpha value is -2.82. The largest absolute Gasteiger partial charge is 0.345 e. The first kappa shape index (κ1) is 22.0. The highest BCUT2D eigenvalue weighted by Gasteiger charge is 2.31. The lowest BCUT2D eigenvalue weighted by molar-refractivity contribution is -0.116. The van der Waals surface area contributed by atoms with Crippen molar-refractivity contribution >= 4 is 38.1 Å². The van der Waals surface area contributed by atoms with Gasteiger partial charge in [-0.15, -0.1) is 11.3 Å². The number of carbonyl (C=O) groups is 1. The quantitative estimate of drug-likeness (QED) is 0.565. The van der Waals surface area contributed by atoms with Crippen molar-refractivity contribution in [2.75, 3.05) is 42.5 Å². The highest BCUT2D eigenvalue weighted by molar-refractivity contribution is 7.89. The van der Waals surface area contributed by atoms with Crippen LogP contribution in [-0.4, -0.2) is 56.3 Å². The van der Waals surface area contributed by atoms with Gasteiger partial charge in [0.1, 0.15) is 5.82 Å². The molecule has 5 rings (SSSR count). The maximum Gasteiger partial charge on any atom is 0.243 e. The lowest BCUT2D eigenvalue weighted by atomic mass is 10.2. The number of rotatable bonds is 4. The van der Waals surface area contributed by atoms with E-state index >= 15 is 0 Å². The molecule has 0 bridgehead atoms. The molecule has 0 N–H and O–H groups in total. The maximum atomic E-state index is 13.2. The van der Waals surface area contributed by atoms with Crippen molar-refractivity contribution in [3.8, 4) is 11.3 Å². The lowest BCUT2D eigenvalue weighted by Gasteiger charge is -2.33. The second-order valence-electron chi connectivity index (χ2n) is 8.12. The van der Waals surface area contributed by atoms with Crippen LogP contribution in [0, 0.1) is 5.82 Å². The number of aromatic nitrogens is 1. The number of halogens is 1. The summed E-state index contributed by atoms with van der Waals surface area (Å²) in [5.74, 6) is -0.323. The average Bonchev–Trinajstić information content (AvgIpc) is 3.47. The molecule has 3 heterocycles. The number of amides is 1. The summed E-state index contributed by atoms with van der Waals surface area (Å²) in [7, 11) is -3.62. The van der Waals surface area contributed by atoms with Gasteiger partial charge in [-0.05, 0) is 54.4 Å². The first-order chi connectivity index (χ1) is 15.8. The molecular formula is C23H23FN4O3S2. The minimum absolute atomic E-state index is 0.0368. The Morgan fingerprint density at radius 3 is 2.45 bits per heavy atom. The topological polar surface area (TPSA) is 73.8 Å². The van der Waals surface area contributed by atoms with E-state index < -0.39 is 10.0 Å². The van der Waals surface area contributed by atoms with E-state index in [0.29, 0.717) is 39.1 Å². The van der Waals surface area contributed by atoms with E-state index in [2.05, 4.69) is 9.88 Å². The van der Waals surface area contributed by atoms with Crippen LogP contribution in [0.2, 0.25) is 0 Å². The second-order valence-corrected chi connectivity index (χ2v) is 10.9. The highest BCUT2D eigenvalue weighted by Crippen LogP contribution is 2.32. The van der Waals surface area contributed by atoms with E-state index in [1.54, 1.807) is 35.2 Å². The van der Waals surface area contributed by atoms with E-state index in [1.165, 1.54) is 34.7 Å². The third-order valence-electron chi connectivity index (χ3n) is 6.11. The van der Waals surface area contributed by atoms with Crippen molar-refractivity contribution < 1.29 is 17.6 Å². The molecule has 7 nitrogen and oxygen atoms in total. The zero-order chi connectivity index (χ0) is 23.2. The number of thiazole rings is 1. The molecule has 0 aliphatic carbocycles. The Bertz CT molecular complexity index is 1300. The minimum atomic E-state index is -3.62. The number of benzene rings is 2. The number of sulfonamides is 1. The zero-order valence-corrected chi connectivity index (χ0v) is 19.7. The number of piperazine rings is 1. The summed E-state index contributed by atoms with van der Waals surface area (Å²) >= 11 is 1.50. The van der Waals surface area contributed by atoms with Gasteiger partial charge in [0.15, 0.2) is 5.13 Å². The Morgan fingerprint density at radius 1 is 1.03 bits per heavy atom. The molecule has 33 heavy (non-hydrogen) atoms. The number of hydrogen-bond acceptors (Lipinski definition) is 6. The van der Waals surface area contributed by atoms with Crippen LogP contribution >= 0.6 is 11.3 Å². The Labute approximate surface area is 196 Å². The molecule has 3 aromatic rings. The van der Waals surface area contributed by atoms with Gasteiger partial charge in [0.2, 0.25) is 15.9 Å². The van der Waals surface area contributed by atoms with Crippen LogP contribution in [0.4, 0.5) is 15.2 Å². The van der Waals surface area contributed by atoms with Gasteiger partial charge >= 0.3 is 0 Å². The van der Waals surface area contributed by atoms with E-state index in [0.717, 1.165) is 27.6 Å². The Kier molecular flexibility index (Phi) is 5.67. The number of hydrogen-bond donors (Lipinski definition) is 0. The fourth-order valence-corrected chi connectivity index (χ4v) is 6.66. The lowest BCUT2D eigenvalue weighted by Crippen LogP contribution is -2.48. The van der Waals surface area contributed by atoms with Crippen LogP contribution in [0.3, 0.4) is 0 Å². The summed E-state index contributed by atoms with van der Waals surface area (Å²) in [6.07, 6.45) is 0.659. The fraction of sp³-hybridized carbons (Fsp3) is 0.304. The van der Waals surface area contributed by atoms with Crippen LogP contribution < -0.4 is 9.80 Å². The van der Waals surface area contributed by atoms with Crippen LogP contribution in [0.25, 0.3) is 11.3 Å². The molecule has 2 aliphatic heterocycles. The summed E-state index contributed by atoms with van der Waals surface area (Å²) in [6.45, 7) is 3.91. The normalized spacial score (nSPS) is 16.8. The first-order valence-corrected chi connectivity index (χ1v) is 13.0. The average molecular weight is 487 g/mol. The Morgan fingerprint density at radius 2 is 1.76 bits per heavy atom. The molecule has 1 aromatic heterocycles. The Balaban J connectivity index is 1.27. The molecule has 0 unspecified atom stereocenters. The van der Waals surface area contributed by atoms with E-state index in [-0.39, 0.29) is 16.6 Å². The molecule has 1 amide bonds. The van der Waals surface area contributed by atoms with Gasteiger partial charge in [-0.3, -0.25) is 4.79 Å². The number of nitrogens with zero attached hydrogens (tertiary/aromatic N) is 4. The van der Waals surface area contributed by atoms with Crippen LogP contribution in [-0.2, 0) is 21.2 Å². The van der Waals surface area contributed by atoms with E-state index in [1.807, 2.05) is 5.38 Å². The van der Waals surface area contributed by atoms with Crippen LogP contribution in [0.1, 0.15) is 12.5 Å². The van der Waals surface area contributed by atoms with Gasteiger partial charge in [0, 0.05) is 56.3 Å². The summed E-state index contributed by atoms with van der Waals surface area (Å²) in [4.78, 5) is 20.4. The molecule has 0 radical (unpaired) electrons. The molecule has 2 aliphatic rings. The maximum absolute atomic E-state index is 13.2. The molecule has 2 aromatic carbocycles. The van der Waals surface area contributed by atoms with E-state index in [9.17, 15) is 17.6 Å². The number of fused-ring (bicyclic) bond motifs is 1. The molecule has 1 fully saturated rings. The summed E-state index contributed by atoms with van der Waals surface area (Å²) in [5.41, 5.74) is 3.32. The van der Waals surface area contributed by atoms with Crippen molar-refractivity contribution in [1.29, 1.82) is 0 Å². The summed E-state index contributed by atoms with van der Waals surface area (Å²) in [6, 6.07) is 11.3.